The minimum atomic E-state index is -0.368. The maximum absolute atomic E-state index is 11.7. The van der Waals surface area contributed by atoms with Gasteiger partial charge in [-0.1, -0.05) is 29.3 Å². The van der Waals surface area contributed by atoms with Crippen molar-refractivity contribution in [1.29, 1.82) is 0 Å². The predicted octanol–water partition coefficient (Wildman–Crippen LogP) is 2.91. The Morgan fingerprint density at radius 1 is 1.52 bits per heavy atom. The van der Waals surface area contributed by atoms with Crippen molar-refractivity contribution in [2.45, 2.75) is 38.6 Å². The lowest BCUT2D eigenvalue weighted by Crippen LogP contribution is -2.39. The number of primary amides is 1. The van der Waals surface area contributed by atoms with E-state index in [1.165, 1.54) is 12.8 Å². The third kappa shape index (κ3) is 4.45. The van der Waals surface area contributed by atoms with Gasteiger partial charge in [-0.25, -0.2) is 0 Å². The molecule has 0 radical (unpaired) electrons. The summed E-state index contributed by atoms with van der Waals surface area (Å²) in [5.41, 5.74) is 7.10. The van der Waals surface area contributed by atoms with Gasteiger partial charge in [-0.2, -0.15) is 0 Å². The summed E-state index contributed by atoms with van der Waals surface area (Å²) in [6, 6.07) is 6.29. The summed E-state index contributed by atoms with van der Waals surface area (Å²) in [5.74, 6) is -0.368. The smallest absolute Gasteiger partial charge is 0.250 e. The van der Waals surface area contributed by atoms with Crippen LogP contribution in [0.25, 0.3) is 0 Å². The van der Waals surface area contributed by atoms with Crippen molar-refractivity contribution in [2.75, 3.05) is 24.5 Å². The molecule has 1 unspecified atom stereocenters. The summed E-state index contributed by atoms with van der Waals surface area (Å²) in [7, 11) is 0. The van der Waals surface area contributed by atoms with E-state index in [-0.39, 0.29) is 5.91 Å². The summed E-state index contributed by atoms with van der Waals surface area (Å²) in [6.45, 7) is 5.16. The van der Waals surface area contributed by atoms with Crippen LogP contribution in [-0.2, 0) is 0 Å². The van der Waals surface area contributed by atoms with Crippen LogP contribution in [0, 0.1) is 0 Å². The Kier molecular flexibility index (Phi) is 6.06. The van der Waals surface area contributed by atoms with E-state index in [2.05, 4.69) is 33.1 Å². The zero-order chi connectivity index (χ0) is 15.2. The molecule has 3 N–H and O–H groups in total. The van der Waals surface area contributed by atoms with Crippen LogP contribution in [0.4, 0.5) is 5.69 Å². The number of hydrogen-bond donors (Lipinski definition) is 2. The number of halogens is 1. The lowest BCUT2D eigenvalue weighted by atomic mass is 10.1. The van der Waals surface area contributed by atoms with Crippen molar-refractivity contribution < 1.29 is 4.79 Å². The molecule has 2 rings (SSSR count). The molecule has 1 amide bonds. The normalized spacial score (nSPS) is 17.9. The molecule has 116 valence electrons. The Bertz CT molecular complexity index is 486. The van der Waals surface area contributed by atoms with Crippen molar-refractivity contribution in [3.05, 3.63) is 28.2 Å². The van der Waals surface area contributed by atoms with Gasteiger partial charge in [0.15, 0.2) is 0 Å². The zero-order valence-corrected chi connectivity index (χ0v) is 14.2. The average Bonchev–Trinajstić information content (AvgIpc) is 2.96. The predicted molar refractivity (Wildman–Crippen MR) is 90.8 cm³/mol. The molecule has 0 bridgehead atoms. The van der Waals surface area contributed by atoms with Gasteiger partial charge in [-0.3, -0.25) is 4.79 Å². The summed E-state index contributed by atoms with van der Waals surface area (Å²) in [6.07, 6.45) is 4.68. The van der Waals surface area contributed by atoms with E-state index in [9.17, 15) is 4.79 Å². The summed E-state index contributed by atoms with van der Waals surface area (Å²) in [4.78, 5) is 14.1. The zero-order valence-electron chi connectivity index (χ0n) is 12.6. The number of hydrogen-bond acceptors (Lipinski definition) is 3. The van der Waals surface area contributed by atoms with E-state index in [1.807, 2.05) is 18.2 Å². The van der Waals surface area contributed by atoms with Gasteiger partial charge in [0.05, 0.1) is 5.56 Å². The first-order valence-corrected chi connectivity index (χ1v) is 8.48. The molecule has 1 aliphatic rings. The second kappa shape index (κ2) is 7.80. The van der Waals surface area contributed by atoms with Gasteiger partial charge in [0.1, 0.15) is 0 Å². The number of carbonyl (C=O) groups excluding carboxylic acids is 1. The van der Waals surface area contributed by atoms with Gasteiger partial charge in [0.25, 0.3) is 5.91 Å². The first kappa shape index (κ1) is 16.3. The SMILES string of the molecule is CCCCN(CC1CCCN1)c1ccc(Br)cc1C(N)=O. The number of nitrogens with zero attached hydrogens (tertiary/aromatic N) is 1. The van der Waals surface area contributed by atoms with Crippen molar-refractivity contribution in [1.82, 2.24) is 5.32 Å². The van der Waals surface area contributed by atoms with Gasteiger partial charge in [0.2, 0.25) is 0 Å². The van der Waals surface area contributed by atoms with Crippen LogP contribution in [-0.4, -0.2) is 31.6 Å². The number of benzene rings is 1. The van der Waals surface area contributed by atoms with Crippen molar-refractivity contribution in [3.63, 3.8) is 0 Å². The van der Waals surface area contributed by atoms with Crippen molar-refractivity contribution in [2.24, 2.45) is 5.73 Å². The van der Waals surface area contributed by atoms with Crippen LogP contribution in [0.15, 0.2) is 22.7 Å². The van der Waals surface area contributed by atoms with Crippen LogP contribution < -0.4 is 16.0 Å². The number of nitrogens with two attached hydrogens (primary N) is 1. The number of nitrogens with one attached hydrogen (secondary N) is 1. The third-order valence-corrected chi connectivity index (χ3v) is 4.44. The minimum Gasteiger partial charge on any atom is -0.369 e. The van der Waals surface area contributed by atoms with Crippen molar-refractivity contribution >= 4 is 27.5 Å². The fourth-order valence-corrected chi connectivity index (χ4v) is 3.18. The van der Waals surface area contributed by atoms with E-state index in [0.717, 1.165) is 42.6 Å². The quantitative estimate of drug-likeness (QED) is 0.792. The molecule has 1 saturated heterocycles. The Morgan fingerprint density at radius 2 is 2.33 bits per heavy atom. The van der Waals surface area contributed by atoms with Crippen LogP contribution in [0.5, 0.6) is 0 Å². The molecule has 0 aliphatic carbocycles. The average molecular weight is 354 g/mol. The highest BCUT2D eigenvalue weighted by Gasteiger charge is 2.21. The monoisotopic (exact) mass is 353 g/mol. The first-order chi connectivity index (χ1) is 10.1. The molecular weight excluding hydrogens is 330 g/mol. The number of anilines is 1. The van der Waals surface area contributed by atoms with Crippen LogP contribution in [0.3, 0.4) is 0 Å². The molecule has 1 heterocycles. The highest BCUT2D eigenvalue weighted by Crippen LogP contribution is 2.26. The molecule has 1 aromatic carbocycles. The van der Waals surface area contributed by atoms with E-state index >= 15 is 0 Å². The Balaban J connectivity index is 2.23. The molecule has 21 heavy (non-hydrogen) atoms. The summed E-state index contributed by atoms with van der Waals surface area (Å²) >= 11 is 3.42. The second-order valence-electron chi connectivity index (χ2n) is 5.62. The maximum Gasteiger partial charge on any atom is 0.250 e. The standard InChI is InChI=1S/C16H24BrN3O/c1-2-3-9-20(11-13-5-4-8-19-13)15-7-6-12(17)10-14(15)16(18)21/h6-7,10,13,19H,2-5,8-9,11H2,1H3,(H2,18,21). The molecule has 1 fully saturated rings. The van der Waals surface area contributed by atoms with Gasteiger partial charge < -0.3 is 16.0 Å². The second-order valence-corrected chi connectivity index (χ2v) is 6.53. The molecule has 0 saturated carbocycles. The lowest BCUT2D eigenvalue weighted by Gasteiger charge is -2.29. The van der Waals surface area contributed by atoms with Crippen LogP contribution in [0.1, 0.15) is 43.0 Å². The molecule has 1 atom stereocenters. The number of unbranched alkanes of at least 4 members (excludes halogenated alkanes) is 1. The number of amides is 1. The molecule has 1 aliphatic heterocycles. The van der Waals surface area contributed by atoms with Gasteiger partial charge in [-0.15, -0.1) is 0 Å². The minimum absolute atomic E-state index is 0.368. The number of carbonyl (C=O) groups is 1. The highest BCUT2D eigenvalue weighted by atomic mass is 79.9. The first-order valence-electron chi connectivity index (χ1n) is 7.69. The van der Waals surface area contributed by atoms with Crippen molar-refractivity contribution in [3.8, 4) is 0 Å². The summed E-state index contributed by atoms with van der Waals surface area (Å²) < 4.78 is 0.884. The highest BCUT2D eigenvalue weighted by molar-refractivity contribution is 9.10. The molecule has 0 aromatic heterocycles. The van der Waals surface area contributed by atoms with Crippen LogP contribution >= 0.6 is 15.9 Å². The fourth-order valence-electron chi connectivity index (χ4n) is 2.82. The largest absolute Gasteiger partial charge is 0.369 e. The Labute approximate surface area is 135 Å². The molecule has 4 nitrogen and oxygen atoms in total. The molecule has 0 spiro atoms. The number of rotatable bonds is 7. The molecule has 1 aromatic rings. The van der Waals surface area contributed by atoms with E-state index in [4.69, 9.17) is 5.73 Å². The van der Waals surface area contributed by atoms with E-state index in [1.54, 1.807) is 0 Å². The molecule has 5 heteroatoms. The lowest BCUT2D eigenvalue weighted by molar-refractivity contribution is 0.100. The van der Waals surface area contributed by atoms with Gasteiger partial charge >= 0.3 is 0 Å². The Morgan fingerprint density at radius 3 is 2.95 bits per heavy atom. The fraction of sp³-hybridized carbons (Fsp3) is 0.562. The Hall–Kier alpha value is -1.07. The third-order valence-electron chi connectivity index (χ3n) is 3.95. The van der Waals surface area contributed by atoms with Crippen LogP contribution in [0.2, 0.25) is 0 Å². The van der Waals surface area contributed by atoms with Gasteiger partial charge in [-0.05, 0) is 44.0 Å². The van der Waals surface area contributed by atoms with Gasteiger partial charge in [0, 0.05) is 29.3 Å². The summed E-state index contributed by atoms with van der Waals surface area (Å²) in [5, 5.41) is 3.53. The van der Waals surface area contributed by atoms with E-state index in [0.29, 0.717) is 11.6 Å². The maximum atomic E-state index is 11.7. The molecular formula is C16H24BrN3O. The van der Waals surface area contributed by atoms with E-state index < -0.39 is 0 Å². The topological polar surface area (TPSA) is 58.4 Å².